The number of aromatic amines is 1. The lowest BCUT2D eigenvalue weighted by atomic mass is 10.0. The number of H-pyrrole nitrogens is 1. The summed E-state index contributed by atoms with van der Waals surface area (Å²) in [6.07, 6.45) is 0. The molecule has 5 heteroatoms. The van der Waals surface area contributed by atoms with Crippen LogP contribution in [-0.4, -0.2) is 22.1 Å². The minimum Gasteiger partial charge on any atom is -0.468 e. The van der Waals surface area contributed by atoms with Gasteiger partial charge in [-0.25, -0.2) is 4.98 Å². The van der Waals surface area contributed by atoms with Crippen LogP contribution < -0.4 is 4.74 Å². The normalized spacial score (nSPS) is 10.4. The molecule has 1 aromatic carbocycles. The minimum absolute atomic E-state index is 0.276. The van der Waals surface area contributed by atoms with E-state index in [-0.39, 0.29) is 4.77 Å². The Morgan fingerprint density at radius 2 is 1.72 bits per heavy atom. The molecule has 0 fully saturated rings. The monoisotopic (exact) mass is 261 g/mol. The summed E-state index contributed by atoms with van der Waals surface area (Å²) in [5, 5.41) is 0. The number of methoxy groups -OCH3 is 1. The Hall–Kier alpha value is -1.75. The predicted octanol–water partition coefficient (Wildman–Crippen LogP) is 3.14. The second-order valence-corrected chi connectivity index (χ2v) is 4.61. The molecule has 0 amide bonds. The second kappa shape index (κ2) is 4.86. The molecule has 0 aliphatic rings. The van der Waals surface area contributed by atoms with Gasteiger partial charge in [0.2, 0.25) is 4.77 Å². The third kappa shape index (κ3) is 2.41. The Kier molecular flexibility index (Phi) is 3.43. The molecular weight excluding hydrogens is 246 g/mol. The molecule has 0 unspecified atom stereocenters. The number of hydrogen-bond donors (Lipinski definition) is 1. The van der Waals surface area contributed by atoms with Gasteiger partial charge in [0.05, 0.1) is 7.11 Å². The smallest absolute Gasteiger partial charge is 0.297 e. The highest BCUT2D eigenvalue weighted by atomic mass is 32.1. The molecule has 2 aromatic rings. The van der Waals surface area contributed by atoms with E-state index in [9.17, 15) is 0 Å². The fraction of sp³-hybridized carbons (Fsp3) is 0.308. The Morgan fingerprint density at radius 1 is 1.06 bits per heavy atom. The first-order chi connectivity index (χ1) is 8.51. The maximum atomic E-state index is 5.08. The van der Waals surface area contributed by atoms with Gasteiger partial charge in [-0.2, -0.15) is 4.98 Å². The Labute approximate surface area is 111 Å². The third-order valence-electron chi connectivity index (χ3n) is 2.92. The van der Waals surface area contributed by atoms with Gasteiger partial charge in [0.15, 0.2) is 0 Å². The summed E-state index contributed by atoms with van der Waals surface area (Å²) in [6.45, 7) is 6.22. The first-order valence-corrected chi connectivity index (χ1v) is 6.02. The molecule has 94 valence electrons. The van der Waals surface area contributed by atoms with Crippen LogP contribution in [0.25, 0.3) is 11.4 Å². The van der Waals surface area contributed by atoms with Gasteiger partial charge in [0.25, 0.3) is 6.01 Å². The molecular formula is C13H15N3OS. The quantitative estimate of drug-likeness (QED) is 0.844. The molecule has 1 aromatic heterocycles. The molecule has 2 rings (SSSR count). The molecule has 1 heterocycles. The molecule has 0 bridgehead atoms. The number of ether oxygens (including phenoxy) is 1. The van der Waals surface area contributed by atoms with Crippen LogP contribution in [-0.2, 0) is 0 Å². The highest BCUT2D eigenvalue weighted by molar-refractivity contribution is 7.71. The minimum atomic E-state index is 0.276. The van der Waals surface area contributed by atoms with Crippen LogP contribution >= 0.6 is 12.2 Å². The van der Waals surface area contributed by atoms with Crippen LogP contribution in [0.4, 0.5) is 0 Å². The largest absolute Gasteiger partial charge is 0.468 e. The molecule has 0 aliphatic heterocycles. The van der Waals surface area contributed by atoms with E-state index in [1.807, 2.05) is 6.92 Å². The number of rotatable bonds is 2. The maximum absolute atomic E-state index is 5.08. The molecule has 0 spiro atoms. The van der Waals surface area contributed by atoms with E-state index >= 15 is 0 Å². The van der Waals surface area contributed by atoms with Crippen LogP contribution in [0.15, 0.2) is 12.1 Å². The Morgan fingerprint density at radius 3 is 2.39 bits per heavy atom. The van der Waals surface area contributed by atoms with Gasteiger partial charge in [0.1, 0.15) is 5.82 Å². The zero-order valence-electron chi connectivity index (χ0n) is 10.9. The van der Waals surface area contributed by atoms with Gasteiger partial charge in [-0.3, -0.25) is 4.98 Å². The Bertz CT molecular complexity index is 649. The van der Waals surface area contributed by atoms with Crippen LogP contribution in [0.5, 0.6) is 6.01 Å². The van der Waals surface area contributed by atoms with E-state index in [1.165, 1.54) is 11.1 Å². The molecule has 1 N–H and O–H groups in total. The van der Waals surface area contributed by atoms with Gasteiger partial charge in [0, 0.05) is 5.56 Å². The van der Waals surface area contributed by atoms with E-state index in [4.69, 9.17) is 17.0 Å². The highest BCUT2D eigenvalue weighted by Crippen LogP contribution is 2.24. The number of nitrogens with zero attached hydrogens (tertiary/aromatic N) is 2. The van der Waals surface area contributed by atoms with Crippen molar-refractivity contribution in [3.63, 3.8) is 0 Å². The number of aryl methyl sites for hydroxylation is 3. The van der Waals surface area contributed by atoms with Crippen molar-refractivity contribution in [1.82, 2.24) is 15.0 Å². The number of aromatic nitrogens is 3. The van der Waals surface area contributed by atoms with Crippen LogP contribution in [0, 0.1) is 25.5 Å². The van der Waals surface area contributed by atoms with Crippen LogP contribution in [0.2, 0.25) is 0 Å². The predicted molar refractivity (Wildman–Crippen MR) is 73.4 cm³/mol. The average molecular weight is 261 g/mol. The molecule has 0 aliphatic carbocycles. The van der Waals surface area contributed by atoms with Gasteiger partial charge >= 0.3 is 0 Å². The highest BCUT2D eigenvalue weighted by Gasteiger charge is 2.08. The first kappa shape index (κ1) is 12.7. The van der Waals surface area contributed by atoms with Crippen molar-refractivity contribution in [2.24, 2.45) is 0 Å². The lowest BCUT2D eigenvalue weighted by Crippen LogP contribution is -1.99. The van der Waals surface area contributed by atoms with Gasteiger partial charge < -0.3 is 4.74 Å². The van der Waals surface area contributed by atoms with Crippen molar-refractivity contribution >= 4 is 12.2 Å². The zero-order chi connectivity index (χ0) is 13.3. The summed E-state index contributed by atoms with van der Waals surface area (Å²) in [5.74, 6) is 0.687. The molecule has 4 nitrogen and oxygen atoms in total. The van der Waals surface area contributed by atoms with Crippen molar-refractivity contribution < 1.29 is 4.74 Å². The first-order valence-electron chi connectivity index (χ1n) is 5.62. The van der Waals surface area contributed by atoms with Crippen molar-refractivity contribution in [1.29, 1.82) is 0 Å². The van der Waals surface area contributed by atoms with E-state index in [1.54, 1.807) is 7.11 Å². The zero-order valence-corrected chi connectivity index (χ0v) is 11.7. The fourth-order valence-corrected chi connectivity index (χ4v) is 1.98. The van der Waals surface area contributed by atoms with Crippen molar-refractivity contribution in [3.05, 3.63) is 33.6 Å². The molecule has 0 saturated heterocycles. The average Bonchev–Trinajstić information content (AvgIpc) is 2.33. The van der Waals surface area contributed by atoms with Crippen molar-refractivity contribution in [2.45, 2.75) is 20.8 Å². The molecule has 0 radical (unpaired) electrons. The summed E-state index contributed by atoms with van der Waals surface area (Å²) in [4.78, 5) is 11.3. The molecule has 18 heavy (non-hydrogen) atoms. The van der Waals surface area contributed by atoms with Gasteiger partial charge in [-0.15, -0.1) is 0 Å². The van der Waals surface area contributed by atoms with Crippen LogP contribution in [0.3, 0.4) is 0 Å². The van der Waals surface area contributed by atoms with Crippen LogP contribution in [0.1, 0.15) is 16.7 Å². The topological polar surface area (TPSA) is 50.8 Å². The van der Waals surface area contributed by atoms with E-state index in [0.29, 0.717) is 11.8 Å². The van der Waals surface area contributed by atoms with Crippen molar-refractivity contribution in [3.8, 4) is 17.4 Å². The second-order valence-electron chi connectivity index (χ2n) is 4.24. The third-order valence-corrected chi connectivity index (χ3v) is 3.10. The molecule has 0 atom stereocenters. The fourth-order valence-electron chi connectivity index (χ4n) is 1.80. The van der Waals surface area contributed by atoms with E-state index in [0.717, 1.165) is 11.1 Å². The number of hydrogen-bond acceptors (Lipinski definition) is 4. The summed E-state index contributed by atoms with van der Waals surface area (Å²) in [5.41, 5.74) is 4.64. The summed E-state index contributed by atoms with van der Waals surface area (Å²) in [7, 11) is 1.55. The maximum Gasteiger partial charge on any atom is 0.297 e. The van der Waals surface area contributed by atoms with Gasteiger partial charge in [-0.05, 0) is 55.7 Å². The number of benzene rings is 1. The summed E-state index contributed by atoms with van der Waals surface area (Å²) < 4.78 is 5.35. The van der Waals surface area contributed by atoms with Crippen molar-refractivity contribution in [2.75, 3.05) is 7.11 Å². The standard InChI is InChI=1S/C13H15N3OS/c1-7-5-9(3)10(6-8(7)2)11-14-12(17-4)16-13(18)15-11/h5-6H,1-4H3,(H,14,15,16,18). The van der Waals surface area contributed by atoms with E-state index < -0.39 is 0 Å². The lowest BCUT2D eigenvalue weighted by molar-refractivity contribution is 0.378. The molecule has 0 saturated carbocycles. The summed E-state index contributed by atoms with van der Waals surface area (Å²) >= 11 is 5.03. The Balaban J connectivity index is 2.65. The lowest BCUT2D eigenvalue weighted by Gasteiger charge is -2.10. The van der Waals surface area contributed by atoms with Gasteiger partial charge in [-0.1, -0.05) is 6.07 Å². The summed E-state index contributed by atoms with van der Waals surface area (Å²) in [6, 6.07) is 4.61. The number of nitrogens with one attached hydrogen (secondary N) is 1. The SMILES string of the molecule is COc1nc(=S)nc(-c2cc(C)c(C)cc2C)[nH]1. The van der Waals surface area contributed by atoms with E-state index in [2.05, 4.69) is 40.9 Å².